The van der Waals surface area contributed by atoms with Gasteiger partial charge in [0.05, 0.1) is 28.7 Å². The minimum Gasteiger partial charge on any atom is -0.467 e. The minimum atomic E-state index is 0.405. The number of aryl methyl sites for hydroxylation is 1. The molecule has 6 heteroatoms. The molecule has 118 valence electrons. The van der Waals surface area contributed by atoms with Gasteiger partial charge in [0.15, 0.2) is 5.65 Å². The topological polar surface area (TPSA) is 68.6 Å². The van der Waals surface area contributed by atoms with Crippen molar-refractivity contribution in [2.45, 2.75) is 13.5 Å². The van der Waals surface area contributed by atoms with Crippen molar-refractivity contribution in [1.82, 2.24) is 14.8 Å². The van der Waals surface area contributed by atoms with E-state index >= 15 is 0 Å². The normalized spacial score (nSPS) is 11.5. The van der Waals surface area contributed by atoms with E-state index in [0.29, 0.717) is 6.54 Å². The van der Waals surface area contributed by atoms with Crippen LogP contribution < -0.4 is 0 Å². The molecule has 0 aliphatic rings. The second kappa shape index (κ2) is 6.08. The van der Waals surface area contributed by atoms with Gasteiger partial charge in [0.25, 0.3) is 0 Å². The summed E-state index contributed by atoms with van der Waals surface area (Å²) in [6, 6.07) is 15.5. The molecular formula is C18H15N5O. The number of furan rings is 1. The Morgan fingerprint density at radius 3 is 2.75 bits per heavy atom. The lowest BCUT2D eigenvalue weighted by atomic mass is 10.2. The average molecular weight is 317 g/mol. The fraction of sp³-hybridized carbons (Fsp3) is 0.111. The van der Waals surface area contributed by atoms with Gasteiger partial charge in [0, 0.05) is 6.20 Å². The van der Waals surface area contributed by atoms with E-state index < -0.39 is 0 Å². The third-order valence-electron chi connectivity index (χ3n) is 3.71. The fourth-order valence-electron chi connectivity index (χ4n) is 2.61. The van der Waals surface area contributed by atoms with Crippen LogP contribution in [0.4, 0.5) is 5.69 Å². The highest BCUT2D eigenvalue weighted by Gasteiger charge is 2.13. The van der Waals surface area contributed by atoms with Crippen molar-refractivity contribution >= 4 is 16.7 Å². The Balaban J connectivity index is 1.75. The molecule has 0 radical (unpaired) electrons. The molecule has 1 aromatic carbocycles. The number of fused-ring (bicyclic) bond motifs is 1. The number of azo groups is 1. The van der Waals surface area contributed by atoms with E-state index in [1.807, 2.05) is 60.1 Å². The molecule has 6 nitrogen and oxygen atoms in total. The van der Waals surface area contributed by atoms with Crippen molar-refractivity contribution in [2.24, 2.45) is 10.2 Å². The van der Waals surface area contributed by atoms with Gasteiger partial charge in [-0.25, -0.2) is 9.67 Å². The molecule has 0 saturated carbocycles. The Morgan fingerprint density at radius 2 is 1.96 bits per heavy atom. The Hall–Kier alpha value is -3.28. The molecule has 0 aliphatic heterocycles. The Bertz CT molecular complexity index is 987. The van der Waals surface area contributed by atoms with Crippen LogP contribution in [-0.2, 0) is 6.54 Å². The van der Waals surface area contributed by atoms with E-state index in [1.54, 1.807) is 12.5 Å². The summed E-state index contributed by atoms with van der Waals surface area (Å²) in [6.07, 6.45) is 3.35. The molecule has 0 spiro atoms. The van der Waals surface area contributed by atoms with E-state index in [9.17, 15) is 0 Å². The highest BCUT2D eigenvalue weighted by molar-refractivity contribution is 5.90. The highest BCUT2D eigenvalue weighted by atomic mass is 16.3. The molecule has 0 bridgehead atoms. The van der Waals surface area contributed by atoms with Crippen LogP contribution in [0.15, 0.2) is 75.6 Å². The molecule has 0 amide bonds. The van der Waals surface area contributed by atoms with E-state index in [0.717, 1.165) is 33.9 Å². The zero-order valence-electron chi connectivity index (χ0n) is 13.1. The Morgan fingerprint density at radius 1 is 1.08 bits per heavy atom. The molecule has 3 aromatic heterocycles. The molecule has 0 unspecified atom stereocenters. The van der Waals surface area contributed by atoms with Crippen LogP contribution in [0.3, 0.4) is 0 Å². The third-order valence-corrected chi connectivity index (χ3v) is 3.71. The first-order valence-corrected chi connectivity index (χ1v) is 7.62. The van der Waals surface area contributed by atoms with Crippen LogP contribution in [0.25, 0.3) is 16.7 Å². The van der Waals surface area contributed by atoms with Crippen molar-refractivity contribution < 1.29 is 4.42 Å². The summed E-state index contributed by atoms with van der Waals surface area (Å²) in [4.78, 5) is 4.48. The molecule has 0 saturated heterocycles. The van der Waals surface area contributed by atoms with Crippen molar-refractivity contribution in [3.05, 3.63) is 72.4 Å². The summed E-state index contributed by atoms with van der Waals surface area (Å²) >= 11 is 0. The minimum absolute atomic E-state index is 0.405. The van der Waals surface area contributed by atoms with Crippen LogP contribution in [0.1, 0.15) is 11.5 Å². The zero-order valence-corrected chi connectivity index (χ0v) is 13.1. The van der Waals surface area contributed by atoms with Gasteiger partial charge in [-0.15, -0.1) is 0 Å². The van der Waals surface area contributed by atoms with Crippen molar-refractivity contribution in [3.8, 4) is 5.69 Å². The lowest BCUT2D eigenvalue weighted by molar-refractivity contribution is 0.509. The van der Waals surface area contributed by atoms with Gasteiger partial charge < -0.3 is 4.42 Å². The predicted octanol–water partition coefficient (Wildman–Crippen LogP) is 4.61. The van der Waals surface area contributed by atoms with Crippen LogP contribution in [0, 0.1) is 6.92 Å². The van der Waals surface area contributed by atoms with Crippen molar-refractivity contribution in [2.75, 3.05) is 0 Å². The Labute approximate surface area is 138 Å². The number of nitrogens with zero attached hydrogens (tertiary/aromatic N) is 5. The number of aromatic nitrogens is 3. The first kappa shape index (κ1) is 14.3. The van der Waals surface area contributed by atoms with Gasteiger partial charge in [-0.3, -0.25) is 0 Å². The summed E-state index contributed by atoms with van der Waals surface area (Å²) in [7, 11) is 0. The first-order valence-electron chi connectivity index (χ1n) is 7.62. The molecule has 4 aromatic rings. The Kier molecular flexibility index (Phi) is 3.63. The second-order valence-electron chi connectivity index (χ2n) is 5.34. The molecule has 0 N–H and O–H groups in total. The lowest BCUT2D eigenvalue weighted by Crippen LogP contribution is -1.96. The lowest BCUT2D eigenvalue weighted by Gasteiger charge is -2.02. The summed E-state index contributed by atoms with van der Waals surface area (Å²) in [5.74, 6) is 0.778. The van der Waals surface area contributed by atoms with Gasteiger partial charge in [-0.1, -0.05) is 18.2 Å². The van der Waals surface area contributed by atoms with Crippen LogP contribution >= 0.6 is 0 Å². The summed E-state index contributed by atoms with van der Waals surface area (Å²) in [5, 5.41) is 14.1. The average Bonchev–Trinajstić information content (AvgIpc) is 3.24. The first-order chi connectivity index (χ1) is 11.8. The number of rotatable bonds is 4. The SMILES string of the molecule is Cc1nn(-c2ccccc2)c2nccc(N=NCc3ccco3)c12. The predicted molar refractivity (Wildman–Crippen MR) is 90.5 cm³/mol. The van der Waals surface area contributed by atoms with Crippen LogP contribution in [-0.4, -0.2) is 14.8 Å². The van der Waals surface area contributed by atoms with E-state index in [-0.39, 0.29) is 0 Å². The summed E-state index contributed by atoms with van der Waals surface area (Å²) in [5.41, 5.74) is 3.36. The largest absolute Gasteiger partial charge is 0.467 e. The van der Waals surface area contributed by atoms with Crippen LogP contribution in [0.5, 0.6) is 0 Å². The third kappa shape index (κ3) is 2.58. The molecule has 0 fully saturated rings. The smallest absolute Gasteiger partial charge is 0.165 e. The van der Waals surface area contributed by atoms with Gasteiger partial charge in [0.2, 0.25) is 0 Å². The van der Waals surface area contributed by atoms with E-state index in [4.69, 9.17) is 4.42 Å². The fourth-order valence-corrected chi connectivity index (χ4v) is 2.61. The van der Waals surface area contributed by atoms with Crippen molar-refractivity contribution in [1.29, 1.82) is 0 Å². The van der Waals surface area contributed by atoms with Crippen molar-refractivity contribution in [3.63, 3.8) is 0 Å². The number of hydrogen-bond donors (Lipinski definition) is 0. The van der Waals surface area contributed by atoms with E-state index in [1.165, 1.54) is 0 Å². The second-order valence-corrected chi connectivity index (χ2v) is 5.34. The van der Waals surface area contributed by atoms with Crippen LogP contribution in [0.2, 0.25) is 0 Å². The number of pyridine rings is 1. The van der Waals surface area contributed by atoms with Gasteiger partial charge in [-0.05, 0) is 37.3 Å². The quantitative estimate of drug-likeness (QED) is 0.516. The van der Waals surface area contributed by atoms with Gasteiger partial charge in [0.1, 0.15) is 12.3 Å². The zero-order chi connectivity index (χ0) is 16.4. The molecule has 3 heterocycles. The summed E-state index contributed by atoms with van der Waals surface area (Å²) < 4.78 is 7.09. The molecular weight excluding hydrogens is 302 g/mol. The monoisotopic (exact) mass is 317 g/mol. The maximum Gasteiger partial charge on any atom is 0.165 e. The molecule has 4 rings (SSSR count). The van der Waals surface area contributed by atoms with Gasteiger partial charge >= 0.3 is 0 Å². The van der Waals surface area contributed by atoms with E-state index in [2.05, 4.69) is 20.3 Å². The standard InChI is InChI=1S/C18H15N5O/c1-13-17-16(21-20-12-15-8-5-11-24-15)9-10-19-18(17)23(22-13)14-6-3-2-4-7-14/h2-11H,12H2,1H3. The number of para-hydroxylation sites is 1. The summed E-state index contributed by atoms with van der Waals surface area (Å²) in [6.45, 7) is 2.36. The highest BCUT2D eigenvalue weighted by Crippen LogP contribution is 2.29. The molecule has 0 atom stereocenters. The maximum atomic E-state index is 5.26. The molecule has 24 heavy (non-hydrogen) atoms. The molecule has 0 aliphatic carbocycles. The van der Waals surface area contributed by atoms with Gasteiger partial charge in [-0.2, -0.15) is 15.3 Å². The number of hydrogen-bond acceptors (Lipinski definition) is 5. The maximum absolute atomic E-state index is 5.26. The number of benzene rings is 1.